The van der Waals surface area contributed by atoms with Gasteiger partial charge in [-0.3, -0.25) is 9.80 Å². The maximum atomic E-state index is 6.31. The van der Waals surface area contributed by atoms with E-state index in [9.17, 15) is 0 Å². The Balaban J connectivity index is 1.92. The van der Waals surface area contributed by atoms with Crippen molar-refractivity contribution in [3.8, 4) is 0 Å². The van der Waals surface area contributed by atoms with E-state index in [0.717, 1.165) is 12.5 Å². The topological polar surface area (TPSA) is 35.7 Å². The van der Waals surface area contributed by atoms with Crippen molar-refractivity contribution in [2.45, 2.75) is 44.6 Å². The van der Waals surface area contributed by atoms with Crippen LogP contribution in [0.5, 0.6) is 0 Å². The number of piperazine rings is 1. The van der Waals surface area contributed by atoms with Gasteiger partial charge in [-0.1, -0.05) is 26.2 Å². The van der Waals surface area contributed by atoms with Crippen molar-refractivity contribution >= 4 is 0 Å². The molecular weight excluding hydrogens is 260 g/mol. The summed E-state index contributed by atoms with van der Waals surface area (Å²) in [6.45, 7) is 10.4. The Morgan fingerprint density at radius 2 is 1.86 bits per heavy atom. The van der Waals surface area contributed by atoms with Crippen LogP contribution in [0.25, 0.3) is 0 Å². The van der Waals surface area contributed by atoms with Crippen LogP contribution < -0.4 is 5.73 Å². The predicted molar refractivity (Wildman–Crippen MR) is 90.6 cm³/mol. The zero-order chi connectivity index (χ0) is 15.3. The molecule has 0 aromatic rings. The number of hydrogen-bond donors (Lipinski definition) is 1. The minimum Gasteiger partial charge on any atom is -0.329 e. The van der Waals surface area contributed by atoms with E-state index in [0.29, 0.717) is 5.54 Å². The summed E-state index contributed by atoms with van der Waals surface area (Å²) >= 11 is 0. The van der Waals surface area contributed by atoms with Gasteiger partial charge in [0.2, 0.25) is 0 Å². The lowest BCUT2D eigenvalue weighted by Crippen LogP contribution is -2.64. The maximum absolute atomic E-state index is 6.31. The highest BCUT2D eigenvalue weighted by Crippen LogP contribution is 2.40. The summed E-state index contributed by atoms with van der Waals surface area (Å²) in [6.07, 6.45) is 6.77. The van der Waals surface area contributed by atoms with Crippen LogP contribution >= 0.6 is 0 Å². The number of rotatable bonds is 6. The molecule has 0 aromatic carbocycles. The van der Waals surface area contributed by atoms with Crippen molar-refractivity contribution in [1.29, 1.82) is 0 Å². The van der Waals surface area contributed by atoms with Crippen LogP contribution in [0.15, 0.2) is 0 Å². The molecule has 2 atom stereocenters. The summed E-state index contributed by atoms with van der Waals surface area (Å²) in [5, 5.41) is 0. The molecule has 4 nitrogen and oxygen atoms in total. The highest BCUT2D eigenvalue weighted by molar-refractivity contribution is 5.00. The van der Waals surface area contributed by atoms with Gasteiger partial charge in [0.05, 0.1) is 0 Å². The fourth-order valence-electron chi connectivity index (χ4n) is 4.45. The van der Waals surface area contributed by atoms with Crippen LogP contribution in [0.4, 0.5) is 0 Å². The molecule has 0 spiro atoms. The van der Waals surface area contributed by atoms with Crippen LogP contribution in [-0.4, -0.2) is 80.1 Å². The highest BCUT2D eigenvalue weighted by atomic mass is 15.3. The van der Waals surface area contributed by atoms with E-state index >= 15 is 0 Å². The van der Waals surface area contributed by atoms with Crippen molar-refractivity contribution in [2.24, 2.45) is 11.7 Å². The fraction of sp³-hybridized carbons (Fsp3) is 1.00. The van der Waals surface area contributed by atoms with Gasteiger partial charge in [-0.2, -0.15) is 0 Å². The van der Waals surface area contributed by atoms with E-state index in [1.165, 1.54) is 71.4 Å². The zero-order valence-corrected chi connectivity index (χ0v) is 14.5. The third kappa shape index (κ3) is 3.98. The molecule has 0 bridgehead atoms. The standard InChI is InChI=1S/C17H36N4/c1-4-16-7-5-6-8-17(16,15-18)21-13-11-20(12-14-21)10-9-19(2)3/h16H,4-15,18H2,1-3H3. The molecule has 1 saturated carbocycles. The second-order valence-corrected chi connectivity index (χ2v) is 7.29. The van der Waals surface area contributed by atoms with Crippen molar-refractivity contribution in [2.75, 3.05) is 59.9 Å². The molecule has 0 amide bonds. The van der Waals surface area contributed by atoms with Gasteiger partial charge in [-0.25, -0.2) is 0 Å². The fourth-order valence-corrected chi connectivity index (χ4v) is 4.45. The number of likely N-dealkylation sites (N-methyl/N-ethyl adjacent to an activating group) is 1. The first-order valence-electron chi connectivity index (χ1n) is 8.94. The molecule has 0 radical (unpaired) electrons. The number of nitrogens with zero attached hydrogens (tertiary/aromatic N) is 3. The van der Waals surface area contributed by atoms with E-state index in [-0.39, 0.29) is 0 Å². The third-order valence-electron chi connectivity index (χ3n) is 5.88. The minimum absolute atomic E-state index is 0.306. The van der Waals surface area contributed by atoms with Gasteiger partial charge in [0.15, 0.2) is 0 Å². The van der Waals surface area contributed by atoms with Gasteiger partial charge in [-0.15, -0.1) is 0 Å². The molecule has 2 fully saturated rings. The molecule has 1 aliphatic carbocycles. The van der Waals surface area contributed by atoms with Gasteiger partial charge in [0.25, 0.3) is 0 Å². The average molecular weight is 297 g/mol. The molecule has 0 aromatic heterocycles. The zero-order valence-electron chi connectivity index (χ0n) is 14.5. The highest BCUT2D eigenvalue weighted by Gasteiger charge is 2.44. The molecule has 2 aliphatic rings. The lowest BCUT2D eigenvalue weighted by Gasteiger charge is -2.53. The SMILES string of the molecule is CCC1CCCCC1(CN)N1CCN(CCN(C)C)CC1. The normalized spacial score (nSPS) is 32.7. The summed E-state index contributed by atoms with van der Waals surface area (Å²) in [6, 6.07) is 0. The first-order valence-corrected chi connectivity index (χ1v) is 8.94. The number of nitrogens with two attached hydrogens (primary N) is 1. The van der Waals surface area contributed by atoms with Gasteiger partial charge in [0.1, 0.15) is 0 Å². The first-order chi connectivity index (χ1) is 10.1. The van der Waals surface area contributed by atoms with E-state index in [1.807, 2.05) is 0 Å². The Morgan fingerprint density at radius 3 is 2.43 bits per heavy atom. The largest absolute Gasteiger partial charge is 0.329 e. The third-order valence-corrected chi connectivity index (χ3v) is 5.88. The van der Waals surface area contributed by atoms with Gasteiger partial charge >= 0.3 is 0 Å². The average Bonchev–Trinajstić information content (AvgIpc) is 2.53. The Morgan fingerprint density at radius 1 is 1.14 bits per heavy atom. The van der Waals surface area contributed by atoms with Crippen molar-refractivity contribution < 1.29 is 0 Å². The molecule has 4 heteroatoms. The summed E-state index contributed by atoms with van der Waals surface area (Å²) < 4.78 is 0. The molecular formula is C17H36N4. The Bertz CT molecular complexity index is 299. The number of hydrogen-bond acceptors (Lipinski definition) is 4. The van der Waals surface area contributed by atoms with Crippen molar-refractivity contribution in [3.63, 3.8) is 0 Å². The molecule has 2 N–H and O–H groups in total. The Kier molecular flexibility index (Phi) is 6.48. The molecule has 21 heavy (non-hydrogen) atoms. The lowest BCUT2D eigenvalue weighted by atomic mass is 9.70. The molecule has 124 valence electrons. The summed E-state index contributed by atoms with van der Waals surface area (Å²) in [7, 11) is 4.32. The van der Waals surface area contributed by atoms with E-state index in [2.05, 4.69) is 35.7 Å². The van der Waals surface area contributed by atoms with Crippen molar-refractivity contribution in [1.82, 2.24) is 14.7 Å². The summed E-state index contributed by atoms with van der Waals surface area (Å²) in [4.78, 5) is 7.65. The molecule has 2 rings (SSSR count). The van der Waals surface area contributed by atoms with Crippen LogP contribution in [0.2, 0.25) is 0 Å². The van der Waals surface area contributed by atoms with E-state index < -0.39 is 0 Å². The lowest BCUT2D eigenvalue weighted by molar-refractivity contribution is -0.0265. The predicted octanol–water partition coefficient (Wildman–Crippen LogP) is 1.46. The second kappa shape index (κ2) is 7.91. The van der Waals surface area contributed by atoms with Crippen LogP contribution in [0, 0.1) is 5.92 Å². The van der Waals surface area contributed by atoms with Gasteiger partial charge < -0.3 is 10.6 Å². The molecule has 2 unspecified atom stereocenters. The molecule has 1 aliphatic heterocycles. The maximum Gasteiger partial charge on any atom is 0.0360 e. The smallest absolute Gasteiger partial charge is 0.0360 e. The van der Waals surface area contributed by atoms with Crippen LogP contribution in [0.1, 0.15) is 39.0 Å². The van der Waals surface area contributed by atoms with E-state index in [1.54, 1.807) is 0 Å². The monoisotopic (exact) mass is 296 g/mol. The first kappa shape index (κ1) is 17.2. The second-order valence-electron chi connectivity index (χ2n) is 7.29. The van der Waals surface area contributed by atoms with Gasteiger partial charge in [-0.05, 0) is 32.9 Å². The van der Waals surface area contributed by atoms with E-state index in [4.69, 9.17) is 5.73 Å². The summed E-state index contributed by atoms with van der Waals surface area (Å²) in [5.41, 5.74) is 6.61. The Labute approximate surface area is 131 Å². The van der Waals surface area contributed by atoms with Gasteiger partial charge in [0, 0.05) is 51.4 Å². The molecule has 1 saturated heterocycles. The summed E-state index contributed by atoms with van der Waals surface area (Å²) in [5.74, 6) is 0.810. The van der Waals surface area contributed by atoms with Crippen LogP contribution in [0.3, 0.4) is 0 Å². The molecule has 1 heterocycles. The van der Waals surface area contributed by atoms with Crippen molar-refractivity contribution in [3.05, 3.63) is 0 Å². The minimum atomic E-state index is 0.306. The van der Waals surface area contributed by atoms with Crippen LogP contribution in [-0.2, 0) is 0 Å². The quantitative estimate of drug-likeness (QED) is 0.805. The Hall–Kier alpha value is -0.160.